The normalized spacial score (nSPS) is 14.5. The van der Waals surface area contributed by atoms with Crippen LogP contribution in [0.2, 0.25) is 77.1 Å². The molecule has 9 aromatic rings. The second-order valence-corrected chi connectivity index (χ2v) is 44.8. The van der Waals surface area contributed by atoms with E-state index in [4.69, 9.17) is 23.5 Å². The molecule has 84 heavy (non-hydrogen) atoms. The molecular formula is C61H85BBr2N10O7Si3. The Kier molecular flexibility index (Phi) is 22.5. The number of halogens is 2. The molecule has 10 rings (SSSR count). The molecule has 0 spiro atoms. The minimum atomic E-state index is -1.24. The third-order valence-electron chi connectivity index (χ3n) is 14.4. The van der Waals surface area contributed by atoms with Gasteiger partial charge in [-0.05, 0) is 132 Å². The van der Waals surface area contributed by atoms with Crippen LogP contribution in [0.1, 0.15) is 39.4 Å². The van der Waals surface area contributed by atoms with Crippen molar-refractivity contribution in [2.24, 2.45) is 0 Å². The zero-order valence-electron chi connectivity index (χ0n) is 51.7. The van der Waals surface area contributed by atoms with E-state index in [0.29, 0.717) is 25.8 Å². The largest absolute Gasteiger partial charge is 0.496 e. The van der Waals surface area contributed by atoms with E-state index < -0.39 is 30.3 Å². The fourth-order valence-electron chi connectivity index (χ4n) is 8.49. The van der Waals surface area contributed by atoms with Crippen LogP contribution in [0.3, 0.4) is 0 Å². The Morgan fingerprint density at radius 1 is 0.607 bits per heavy atom. The zero-order valence-corrected chi connectivity index (χ0v) is 57.8. The van der Waals surface area contributed by atoms with Gasteiger partial charge in [0, 0.05) is 173 Å². The first-order valence-corrected chi connectivity index (χ1v) is 41.2. The van der Waals surface area contributed by atoms with Crippen molar-refractivity contribution in [3.8, 4) is 11.1 Å². The topological polar surface area (TPSA) is 182 Å². The van der Waals surface area contributed by atoms with Crippen molar-refractivity contribution >= 4 is 119 Å². The number of likely N-dealkylation sites (N-methyl/N-ethyl adjacent to an activating group) is 1. The molecule has 1 amide bonds. The molecule has 1 fully saturated rings. The monoisotopic (exact) mass is 1320 g/mol. The molecule has 0 radical (unpaired) electrons. The lowest BCUT2D eigenvalue weighted by molar-refractivity contribution is -0.137. The molecule has 1 atom stereocenters. The molecule has 1 aliphatic heterocycles. The number of aliphatic hydroxyl groups excluding tert-OH is 1. The minimum absolute atomic E-state index is 0.344. The maximum absolute atomic E-state index is 12.1. The van der Waals surface area contributed by atoms with Gasteiger partial charge in [-0.1, -0.05) is 58.9 Å². The fraction of sp³-hybridized carbons (Fsp3) is 0.443. The molecule has 1 saturated heterocycles. The van der Waals surface area contributed by atoms with Gasteiger partial charge in [0.15, 0.2) is 6.10 Å². The first-order chi connectivity index (χ1) is 39.5. The Morgan fingerprint density at radius 3 is 1.55 bits per heavy atom. The minimum Gasteiger partial charge on any atom is -0.399 e. The number of carbonyl (C=O) groups excluding carboxylic acids is 1. The van der Waals surface area contributed by atoms with E-state index in [1.165, 1.54) is 23.2 Å². The van der Waals surface area contributed by atoms with Gasteiger partial charge in [0.2, 0.25) is 0 Å². The van der Waals surface area contributed by atoms with Crippen molar-refractivity contribution in [1.29, 1.82) is 0 Å². The third kappa shape index (κ3) is 18.9. The molecule has 0 aliphatic carbocycles. The summed E-state index contributed by atoms with van der Waals surface area (Å²) in [4.78, 5) is 38.4. The predicted molar refractivity (Wildman–Crippen MR) is 356 cm³/mol. The van der Waals surface area contributed by atoms with E-state index >= 15 is 0 Å². The van der Waals surface area contributed by atoms with Crippen LogP contribution >= 0.6 is 31.9 Å². The van der Waals surface area contributed by atoms with Gasteiger partial charge in [0.25, 0.3) is 5.91 Å². The number of aromatic nitrogens is 9. The summed E-state index contributed by atoms with van der Waals surface area (Å²) in [7, 11) is -0.314. The quantitative estimate of drug-likeness (QED) is 0.0578. The summed E-state index contributed by atoms with van der Waals surface area (Å²) >= 11 is 6.77. The first-order valence-electron chi connectivity index (χ1n) is 28.5. The molecular weight excluding hydrogens is 1240 g/mol. The highest BCUT2D eigenvalue weighted by atomic mass is 79.9. The Morgan fingerprint density at radius 2 is 1.05 bits per heavy atom. The highest BCUT2D eigenvalue weighted by Gasteiger charge is 2.52. The van der Waals surface area contributed by atoms with Crippen LogP contribution in [0, 0.1) is 0 Å². The van der Waals surface area contributed by atoms with Crippen molar-refractivity contribution in [2.45, 2.75) is 142 Å². The lowest BCUT2D eigenvalue weighted by Gasteiger charge is -2.32. The number of nitrogens with one attached hydrogen (secondary N) is 1. The van der Waals surface area contributed by atoms with E-state index in [-0.39, 0.29) is 24.2 Å². The van der Waals surface area contributed by atoms with Gasteiger partial charge in [-0.3, -0.25) is 9.78 Å². The molecule has 10 heterocycles. The average Bonchev–Trinajstić information content (AvgIpc) is 3.31. The maximum atomic E-state index is 12.1. The Bertz CT molecular complexity index is 3590. The molecule has 23 heteroatoms. The van der Waals surface area contributed by atoms with E-state index in [0.717, 1.165) is 95.5 Å². The van der Waals surface area contributed by atoms with Crippen LogP contribution in [0.15, 0.2) is 126 Å². The van der Waals surface area contributed by atoms with Crippen molar-refractivity contribution in [3.05, 3.63) is 131 Å². The van der Waals surface area contributed by atoms with Crippen LogP contribution in [-0.2, 0) is 48.5 Å². The molecule has 0 aromatic carbocycles. The molecule has 9 aromatic heterocycles. The van der Waals surface area contributed by atoms with Crippen molar-refractivity contribution in [1.82, 2.24) is 48.5 Å². The second kappa shape index (κ2) is 28.6. The maximum Gasteiger partial charge on any atom is 0.496 e. The number of aliphatic hydroxyl groups is 1. The molecule has 1 unspecified atom stereocenters. The van der Waals surface area contributed by atoms with Gasteiger partial charge < -0.3 is 52.2 Å². The first kappa shape index (κ1) is 66.3. The van der Waals surface area contributed by atoms with Gasteiger partial charge in [-0.15, -0.1) is 0 Å². The summed E-state index contributed by atoms with van der Waals surface area (Å²) in [6.45, 7) is 33.4. The molecule has 0 saturated carbocycles. The number of fused-ring (bicyclic) bond motifs is 4. The summed E-state index contributed by atoms with van der Waals surface area (Å²) in [5, 5.41) is 14.6. The van der Waals surface area contributed by atoms with E-state index in [2.05, 4.69) is 173 Å². The van der Waals surface area contributed by atoms with Crippen LogP contribution in [-0.4, -0.2) is 136 Å². The predicted octanol–water partition coefficient (Wildman–Crippen LogP) is 13.6. The molecule has 2 N–H and O–H groups in total. The van der Waals surface area contributed by atoms with Gasteiger partial charge in [0.05, 0.1) is 11.2 Å². The summed E-state index contributed by atoms with van der Waals surface area (Å²) in [5.41, 5.74) is 6.09. The van der Waals surface area contributed by atoms with E-state index in [1.807, 2.05) is 75.1 Å². The summed E-state index contributed by atoms with van der Waals surface area (Å²) in [6.07, 6.45) is 17.1. The number of aromatic amines is 1. The molecule has 450 valence electrons. The Hall–Kier alpha value is -5.18. The fourth-order valence-corrected chi connectivity index (χ4v) is 11.5. The molecule has 1 aliphatic rings. The average molecular weight is 1330 g/mol. The number of hydrogen-bond acceptors (Lipinski definition) is 12. The second-order valence-electron chi connectivity index (χ2n) is 26.1. The summed E-state index contributed by atoms with van der Waals surface area (Å²) in [5.74, 6) is -0.381. The van der Waals surface area contributed by atoms with Gasteiger partial charge in [0.1, 0.15) is 42.8 Å². The lowest BCUT2D eigenvalue weighted by Crippen LogP contribution is -2.41. The van der Waals surface area contributed by atoms with E-state index in [1.54, 1.807) is 38.8 Å². The number of amides is 1. The highest BCUT2D eigenvalue weighted by molar-refractivity contribution is 9.10. The Labute approximate surface area is 515 Å². The lowest BCUT2D eigenvalue weighted by atomic mass is 9.80. The Balaban J connectivity index is 0.000000170. The van der Waals surface area contributed by atoms with Crippen LogP contribution in [0.5, 0.6) is 0 Å². The number of ether oxygens (including phenoxy) is 3. The van der Waals surface area contributed by atoms with Crippen LogP contribution < -0.4 is 5.46 Å². The molecule has 0 bridgehead atoms. The van der Waals surface area contributed by atoms with Crippen molar-refractivity contribution < 1.29 is 33.4 Å². The summed E-state index contributed by atoms with van der Waals surface area (Å²) < 4.78 is 37.8. The van der Waals surface area contributed by atoms with Crippen LogP contribution in [0.25, 0.3) is 55.3 Å². The number of H-pyrrole nitrogens is 1. The highest BCUT2D eigenvalue weighted by Crippen LogP contribution is 2.37. The van der Waals surface area contributed by atoms with Crippen LogP contribution in [0.4, 0.5) is 0 Å². The van der Waals surface area contributed by atoms with Gasteiger partial charge in [-0.2, -0.15) is 0 Å². The standard InChI is InChI=1S/C22H30N4O3Si.C19H31BN2O3Si.C13H19BrN2OSi.C7H5BrN2/c1-25(2)22(28)20(27)19-11-17(12-23-13-19)18-10-16-6-7-26(21(16)24-14-18)15-29-8-9-30(3,4)5;1-18(2)19(3,4)25-20(24-18)16-12-15-8-9-22(17(15)21-13-16)14-23-10-11-26(5,6)7;1-18(2,3)7-6-17-10-16-5-4-11-8-12(14)9-15-13(11)16;8-6-3-5-1-2-9-7(5)10-4-6/h6-7,10-14,20,27H,8-9,15H2,1-5H3;8-9,12-13H,10-11,14H2,1-7H3;4-5,8-9H,6-7,10H2,1-3H3;1-4H,(H,9,10). The van der Waals surface area contributed by atoms with Crippen molar-refractivity contribution in [3.63, 3.8) is 0 Å². The van der Waals surface area contributed by atoms with E-state index in [9.17, 15) is 9.90 Å². The van der Waals surface area contributed by atoms with Gasteiger partial charge >= 0.3 is 7.12 Å². The smallest absolute Gasteiger partial charge is 0.399 e. The number of rotatable bonds is 19. The van der Waals surface area contributed by atoms with Gasteiger partial charge in [-0.25, -0.2) is 19.9 Å². The zero-order chi connectivity index (χ0) is 61.2. The number of carbonyl (C=O) groups is 1. The number of nitrogens with zero attached hydrogens (tertiary/aromatic N) is 9. The third-order valence-corrected chi connectivity index (χ3v) is 20.4. The molecule has 17 nitrogen and oxygen atoms in total. The van der Waals surface area contributed by atoms with Crippen molar-refractivity contribution in [2.75, 3.05) is 33.9 Å². The number of pyridine rings is 5. The SMILES string of the molecule is Brc1cnc2[nH]ccc2c1.CC1(C)OB(c2cnc3c(ccn3COCC[Si](C)(C)C)c2)OC1(C)C.CN(C)C(=O)C(O)c1cncc(-c2cnc3c(ccn3COCC[Si](C)(C)C)c2)c1.C[Si](C)(C)CCOCn1ccc2cc(Br)cnc21. The number of hydrogen-bond donors (Lipinski definition) is 2. The summed E-state index contributed by atoms with van der Waals surface area (Å²) in [6, 6.07) is 21.6.